The molecule has 1 heterocycles. The van der Waals surface area contributed by atoms with E-state index in [4.69, 9.17) is 16.6 Å². The van der Waals surface area contributed by atoms with Crippen molar-refractivity contribution in [1.29, 1.82) is 0 Å². The molecule has 0 atom stereocenters. The van der Waals surface area contributed by atoms with Crippen LogP contribution in [0.2, 0.25) is 0 Å². The molecule has 0 aliphatic carbocycles. The molecule has 3 aromatic carbocycles. The number of nitro groups is 1. The molecule has 4 aromatic rings. The third-order valence-electron chi connectivity index (χ3n) is 4.29. The van der Waals surface area contributed by atoms with E-state index in [1.54, 1.807) is 30.3 Å². The minimum Gasteiger partial charge on any atom is -0.436 e. The fraction of sp³-hybridized carbons (Fsp3) is 0. The summed E-state index contributed by atoms with van der Waals surface area (Å²) in [6, 6.07) is 16.4. The number of para-hydroxylation sites is 1. The maximum absolute atomic E-state index is 13.4. The van der Waals surface area contributed by atoms with E-state index in [-0.39, 0.29) is 22.3 Å². The van der Waals surface area contributed by atoms with E-state index >= 15 is 0 Å². The number of fused-ring (bicyclic) bond motifs is 1. The third-order valence-corrected chi connectivity index (χ3v) is 4.49. The second-order valence-corrected chi connectivity index (χ2v) is 6.80. The minimum atomic E-state index is -0.708. The lowest BCUT2D eigenvalue weighted by atomic mass is 10.1. The van der Waals surface area contributed by atoms with Gasteiger partial charge in [0.1, 0.15) is 16.9 Å². The zero-order chi connectivity index (χ0) is 22.0. The Labute approximate surface area is 179 Å². The lowest BCUT2D eigenvalue weighted by molar-refractivity contribution is -0.385. The van der Waals surface area contributed by atoms with Crippen molar-refractivity contribution >= 4 is 45.7 Å². The van der Waals surface area contributed by atoms with Crippen LogP contribution in [0.25, 0.3) is 22.6 Å². The molecule has 0 spiro atoms. The summed E-state index contributed by atoms with van der Waals surface area (Å²) in [5, 5.41) is 16.3. The molecule has 0 aliphatic heterocycles. The summed E-state index contributed by atoms with van der Waals surface area (Å²) in [5.41, 5.74) is 1.56. The standard InChI is InChI=1S/C21H13FN4O4S/c22-13-5-3-4-12(10-13)20-24-16-11-14(8-9-18(16)30-20)23-21(31)25-19(27)15-6-1-2-7-17(15)26(28)29/h1-11H,(H2,23,25,27,31). The zero-order valence-electron chi connectivity index (χ0n) is 15.7. The highest BCUT2D eigenvalue weighted by Gasteiger charge is 2.20. The van der Waals surface area contributed by atoms with Crippen LogP contribution in [0.15, 0.2) is 71.1 Å². The van der Waals surface area contributed by atoms with E-state index in [0.717, 1.165) is 0 Å². The number of aromatic nitrogens is 1. The third kappa shape index (κ3) is 4.38. The first-order valence-corrected chi connectivity index (χ1v) is 9.34. The van der Waals surface area contributed by atoms with Gasteiger partial charge in [-0.05, 0) is 54.7 Å². The van der Waals surface area contributed by atoms with Crippen molar-refractivity contribution < 1.29 is 18.5 Å². The zero-order valence-corrected chi connectivity index (χ0v) is 16.5. The Morgan fingerprint density at radius 3 is 2.68 bits per heavy atom. The fourth-order valence-corrected chi connectivity index (χ4v) is 3.12. The molecule has 0 fully saturated rings. The topological polar surface area (TPSA) is 110 Å². The van der Waals surface area contributed by atoms with Crippen molar-refractivity contribution in [3.05, 3.63) is 88.2 Å². The Morgan fingerprint density at radius 1 is 1.10 bits per heavy atom. The number of amides is 1. The highest BCUT2D eigenvalue weighted by atomic mass is 32.1. The smallest absolute Gasteiger partial charge is 0.282 e. The molecule has 1 amide bonds. The quantitative estimate of drug-likeness (QED) is 0.272. The summed E-state index contributed by atoms with van der Waals surface area (Å²) in [4.78, 5) is 27.2. The summed E-state index contributed by atoms with van der Waals surface area (Å²) >= 11 is 5.14. The van der Waals surface area contributed by atoms with Crippen LogP contribution in [-0.4, -0.2) is 20.9 Å². The van der Waals surface area contributed by atoms with Crippen LogP contribution in [0, 0.1) is 15.9 Å². The summed E-state index contributed by atoms with van der Waals surface area (Å²) in [6.07, 6.45) is 0. The van der Waals surface area contributed by atoms with Gasteiger partial charge >= 0.3 is 0 Å². The van der Waals surface area contributed by atoms with Gasteiger partial charge in [-0.25, -0.2) is 9.37 Å². The Kier molecular flexibility index (Phi) is 5.37. The molecule has 1 aromatic heterocycles. The lowest BCUT2D eigenvalue weighted by Crippen LogP contribution is -2.34. The highest BCUT2D eigenvalue weighted by molar-refractivity contribution is 7.80. The number of nitrogens with one attached hydrogen (secondary N) is 2. The number of oxazole rings is 1. The van der Waals surface area contributed by atoms with E-state index in [9.17, 15) is 19.3 Å². The summed E-state index contributed by atoms with van der Waals surface area (Å²) in [5.74, 6) is -0.846. The van der Waals surface area contributed by atoms with Crippen LogP contribution < -0.4 is 10.6 Å². The summed E-state index contributed by atoms with van der Waals surface area (Å²) in [6.45, 7) is 0. The number of hydrogen-bond acceptors (Lipinski definition) is 6. The van der Waals surface area contributed by atoms with E-state index in [0.29, 0.717) is 22.4 Å². The number of rotatable bonds is 4. The Morgan fingerprint density at radius 2 is 1.90 bits per heavy atom. The maximum atomic E-state index is 13.4. The second kappa shape index (κ2) is 8.28. The number of carbonyl (C=O) groups is 1. The number of carbonyl (C=O) groups excluding carboxylic acids is 1. The molecule has 0 bridgehead atoms. The van der Waals surface area contributed by atoms with E-state index in [1.165, 1.54) is 36.4 Å². The molecule has 0 saturated heterocycles. The van der Waals surface area contributed by atoms with E-state index in [1.807, 2.05) is 0 Å². The van der Waals surface area contributed by atoms with Crippen LogP contribution >= 0.6 is 12.2 Å². The van der Waals surface area contributed by atoms with Crippen molar-refractivity contribution in [2.45, 2.75) is 0 Å². The largest absolute Gasteiger partial charge is 0.436 e. The van der Waals surface area contributed by atoms with Crippen molar-refractivity contribution in [3.8, 4) is 11.5 Å². The maximum Gasteiger partial charge on any atom is 0.282 e. The Balaban J connectivity index is 1.50. The molecule has 0 radical (unpaired) electrons. The normalized spacial score (nSPS) is 10.6. The van der Waals surface area contributed by atoms with Crippen molar-refractivity contribution in [2.24, 2.45) is 0 Å². The molecule has 4 rings (SSSR count). The van der Waals surface area contributed by atoms with Gasteiger partial charge in [-0.1, -0.05) is 18.2 Å². The highest BCUT2D eigenvalue weighted by Crippen LogP contribution is 2.26. The summed E-state index contributed by atoms with van der Waals surface area (Å²) < 4.78 is 19.1. The van der Waals surface area contributed by atoms with Gasteiger partial charge in [0.2, 0.25) is 5.89 Å². The van der Waals surface area contributed by atoms with Crippen LogP contribution in [0.5, 0.6) is 0 Å². The number of hydrogen-bond donors (Lipinski definition) is 2. The number of nitro benzene ring substituents is 1. The Bertz CT molecular complexity index is 1340. The van der Waals surface area contributed by atoms with Crippen molar-refractivity contribution in [1.82, 2.24) is 10.3 Å². The molecule has 0 unspecified atom stereocenters. The number of nitrogens with zero attached hydrogens (tertiary/aromatic N) is 2. The number of benzene rings is 3. The predicted molar refractivity (Wildman–Crippen MR) is 116 cm³/mol. The molecule has 0 saturated carbocycles. The Hall–Kier alpha value is -4.18. The van der Waals surface area contributed by atoms with Crippen molar-refractivity contribution in [3.63, 3.8) is 0 Å². The monoisotopic (exact) mass is 436 g/mol. The van der Waals surface area contributed by atoms with Crippen LogP contribution in [-0.2, 0) is 0 Å². The van der Waals surface area contributed by atoms with Crippen molar-refractivity contribution in [2.75, 3.05) is 5.32 Å². The molecule has 0 aliphatic rings. The number of halogens is 1. The average molecular weight is 436 g/mol. The minimum absolute atomic E-state index is 0.0450. The van der Waals surface area contributed by atoms with Gasteiger partial charge in [0.25, 0.3) is 11.6 Å². The van der Waals surface area contributed by atoms with Gasteiger partial charge in [-0.15, -0.1) is 0 Å². The SMILES string of the molecule is O=C(NC(=S)Nc1ccc2oc(-c3cccc(F)c3)nc2c1)c1ccccc1[N+](=O)[O-]. The first-order valence-electron chi connectivity index (χ1n) is 8.93. The van der Waals surface area contributed by atoms with Gasteiger partial charge < -0.3 is 9.73 Å². The molecule has 2 N–H and O–H groups in total. The predicted octanol–water partition coefficient (Wildman–Crippen LogP) is 4.67. The molecular formula is C21H13FN4O4S. The molecule has 8 nitrogen and oxygen atoms in total. The number of thiocarbonyl (C=S) groups is 1. The van der Waals surface area contributed by atoms with Gasteiger partial charge in [0, 0.05) is 17.3 Å². The van der Waals surface area contributed by atoms with Gasteiger partial charge in [-0.2, -0.15) is 0 Å². The molecule has 154 valence electrons. The van der Waals surface area contributed by atoms with Crippen LogP contribution in [0.4, 0.5) is 15.8 Å². The van der Waals surface area contributed by atoms with Crippen LogP contribution in [0.1, 0.15) is 10.4 Å². The molecule has 31 heavy (non-hydrogen) atoms. The molecule has 10 heteroatoms. The average Bonchev–Trinajstić information content (AvgIpc) is 3.17. The van der Waals surface area contributed by atoms with Gasteiger partial charge in [0.15, 0.2) is 10.7 Å². The van der Waals surface area contributed by atoms with Gasteiger partial charge in [-0.3, -0.25) is 20.2 Å². The van der Waals surface area contributed by atoms with E-state index in [2.05, 4.69) is 15.6 Å². The van der Waals surface area contributed by atoms with E-state index < -0.39 is 16.6 Å². The summed E-state index contributed by atoms with van der Waals surface area (Å²) in [7, 11) is 0. The first kappa shape index (κ1) is 20.1. The lowest BCUT2D eigenvalue weighted by Gasteiger charge is -2.09. The molecular weight excluding hydrogens is 423 g/mol. The first-order chi connectivity index (χ1) is 14.9. The second-order valence-electron chi connectivity index (χ2n) is 6.39. The number of anilines is 1. The van der Waals surface area contributed by atoms with Crippen LogP contribution in [0.3, 0.4) is 0 Å². The fourth-order valence-electron chi connectivity index (χ4n) is 2.91. The van der Waals surface area contributed by atoms with Gasteiger partial charge in [0.05, 0.1) is 4.92 Å².